The molecule has 0 aliphatic carbocycles. The molecule has 16 heavy (non-hydrogen) atoms. The van der Waals surface area contributed by atoms with E-state index in [-0.39, 0.29) is 12.1 Å². The molecule has 3 heteroatoms. The summed E-state index contributed by atoms with van der Waals surface area (Å²) in [6, 6.07) is 5.82. The zero-order valence-electron chi connectivity index (χ0n) is 9.75. The zero-order chi connectivity index (χ0) is 11.5. The van der Waals surface area contributed by atoms with Crippen molar-refractivity contribution in [1.82, 2.24) is 5.32 Å². The first-order chi connectivity index (χ1) is 7.66. The summed E-state index contributed by atoms with van der Waals surface area (Å²) in [6.45, 7) is 5.60. The van der Waals surface area contributed by atoms with Gasteiger partial charge in [-0.3, -0.25) is 0 Å². The van der Waals surface area contributed by atoms with Crippen LogP contribution in [0.5, 0.6) is 0 Å². The third-order valence-electron chi connectivity index (χ3n) is 2.67. The van der Waals surface area contributed by atoms with E-state index in [4.69, 9.17) is 4.74 Å². The predicted molar refractivity (Wildman–Crippen MR) is 62.4 cm³/mol. The summed E-state index contributed by atoms with van der Waals surface area (Å²) in [5, 5.41) is 3.31. The molecular formula is C13H17NO2. The molecule has 0 radical (unpaired) electrons. The van der Waals surface area contributed by atoms with E-state index in [1.165, 1.54) is 11.1 Å². The van der Waals surface area contributed by atoms with Crippen LogP contribution in [0.25, 0.3) is 0 Å². The molecule has 0 unspecified atom stereocenters. The lowest BCUT2D eigenvalue weighted by Gasteiger charge is -2.17. The normalized spacial score (nSPS) is 14.7. The Morgan fingerprint density at radius 3 is 2.94 bits per heavy atom. The lowest BCUT2D eigenvalue weighted by molar-refractivity contribution is 0.0378. The predicted octanol–water partition coefficient (Wildman–Crippen LogP) is 1.90. The first kappa shape index (κ1) is 11.1. The van der Waals surface area contributed by atoms with Gasteiger partial charge in [-0.05, 0) is 50.1 Å². The van der Waals surface area contributed by atoms with E-state index in [0.717, 1.165) is 19.5 Å². The minimum absolute atomic E-state index is 0.0646. The van der Waals surface area contributed by atoms with E-state index in [2.05, 4.69) is 5.32 Å². The van der Waals surface area contributed by atoms with Gasteiger partial charge in [0.2, 0.25) is 0 Å². The van der Waals surface area contributed by atoms with Crippen molar-refractivity contribution in [3.05, 3.63) is 34.9 Å². The Kier molecular flexibility index (Phi) is 3.25. The van der Waals surface area contributed by atoms with Crippen LogP contribution < -0.4 is 5.32 Å². The Labute approximate surface area is 95.8 Å². The molecule has 0 spiro atoms. The van der Waals surface area contributed by atoms with Crippen LogP contribution in [0.2, 0.25) is 0 Å². The van der Waals surface area contributed by atoms with Gasteiger partial charge in [0, 0.05) is 6.54 Å². The lowest BCUT2D eigenvalue weighted by atomic mass is 9.98. The summed E-state index contributed by atoms with van der Waals surface area (Å²) in [5.41, 5.74) is 3.21. The van der Waals surface area contributed by atoms with Crippen molar-refractivity contribution in [1.29, 1.82) is 0 Å². The van der Waals surface area contributed by atoms with E-state index in [0.29, 0.717) is 5.56 Å². The lowest BCUT2D eigenvalue weighted by Crippen LogP contribution is -2.24. The maximum Gasteiger partial charge on any atom is 0.338 e. The second kappa shape index (κ2) is 4.66. The van der Waals surface area contributed by atoms with Gasteiger partial charge in [-0.25, -0.2) is 4.79 Å². The maximum atomic E-state index is 11.7. The van der Waals surface area contributed by atoms with Crippen molar-refractivity contribution in [2.24, 2.45) is 0 Å². The molecule has 86 valence electrons. The number of hydrogen-bond donors (Lipinski definition) is 1. The van der Waals surface area contributed by atoms with Crippen LogP contribution in [0.15, 0.2) is 18.2 Å². The van der Waals surface area contributed by atoms with Crippen LogP contribution >= 0.6 is 0 Å². The number of carbonyl (C=O) groups excluding carboxylic acids is 1. The van der Waals surface area contributed by atoms with Crippen LogP contribution in [0.4, 0.5) is 0 Å². The van der Waals surface area contributed by atoms with E-state index in [9.17, 15) is 4.79 Å². The van der Waals surface area contributed by atoms with E-state index >= 15 is 0 Å². The van der Waals surface area contributed by atoms with Crippen molar-refractivity contribution in [3.8, 4) is 0 Å². The second-order valence-electron chi connectivity index (χ2n) is 4.36. The van der Waals surface area contributed by atoms with Crippen LogP contribution in [0, 0.1) is 0 Å². The molecule has 1 aromatic carbocycles. The highest BCUT2D eigenvalue weighted by atomic mass is 16.5. The van der Waals surface area contributed by atoms with Gasteiger partial charge >= 0.3 is 5.97 Å². The minimum Gasteiger partial charge on any atom is -0.459 e. The van der Waals surface area contributed by atoms with Crippen LogP contribution in [0.1, 0.15) is 35.3 Å². The number of fused-ring (bicyclic) bond motifs is 1. The van der Waals surface area contributed by atoms with Crippen LogP contribution in [-0.4, -0.2) is 18.6 Å². The fraction of sp³-hybridized carbons (Fsp3) is 0.462. The maximum absolute atomic E-state index is 11.7. The van der Waals surface area contributed by atoms with Crippen molar-refractivity contribution in [3.63, 3.8) is 0 Å². The van der Waals surface area contributed by atoms with Gasteiger partial charge in [0.1, 0.15) is 0 Å². The fourth-order valence-corrected chi connectivity index (χ4v) is 1.89. The highest BCUT2D eigenvalue weighted by molar-refractivity contribution is 5.89. The summed E-state index contributed by atoms with van der Waals surface area (Å²) >= 11 is 0. The van der Waals surface area contributed by atoms with Crippen molar-refractivity contribution < 1.29 is 9.53 Å². The summed E-state index contributed by atoms with van der Waals surface area (Å²) < 4.78 is 5.17. The highest BCUT2D eigenvalue weighted by Crippen LogP contribution is 2.16. The van der Waals surface area contributed by atoms with Gasteiger partial charge in [0.15, 0.2) is 0 Å². The van der Waals surface area contributed by atoms with Crippen molar-refractivity contribution >= 4 is 5.97 Å². The van der Waals surface area contributed by atoms with Gasteiger partial charge < -0.3 is 10.1 Å². The Morgan fingerprint density at radius 1 is 1.38 bits per heavy atom. The highest BCUT2D eigenvalue weighted by Gasteiger charge is 2.13. The molecule has 0 saturated heterocycles. The third-order valence-corrected chi connectivity index (χ3v) is 2.67. The molecule has 3 nitrogen and oxygen atoms in total. The second-order valence-corrected chi connectivity index (χ2v) is 4.36. The van der Waals surface area contributed by atoms with Crippen LogP contribution in [0.3, 0.4) is 0 Å². The Hall–Kier alpha value is -1.35. The number of hydrogen-bond acceptors (Lipinski definition) is 3. The third kappa shape index (κ3) is 2.42. The van der Waals surface area contributed by atoms with Crippen molar-refractivity contribution in [2.75, 3.05) is 6.54 Å². The van der Waals surface area contributed by atoms with Crippen LogP contribution in [-0.2, 0) is 17.7 Å². The largest absolute Gasteiger partial charge is 0.459 e. The standard InChI is InChI=1S/C13H17NO2/c1-9(2)16-13(15)11-3-4-12-8-14-6-5-10(12)7-11/h3-4,7,9,14H,5-6,8H2,1-2H3. The molecule has 0 bridgehead atoms. The first-order valence-corrected chi connectivity index (χ1v) is 5.70. The molecule has 0 atom stereocenters. The van der Waals surface area contributed by atoms with Gasteiger partial charge in [-0.1, -0.05) is 6.07 Å². The summed E-state index contributed by atoms with van der Waals surface area (Å²) in [4.78, 5) is 11.7. The molecule has 1 aliphatic heterocycles. The van der Waals surface area contributed by atoms with E-state index in [1.54, 1.807) is 0 Å². The SMILES string of the molecule is CC(C)OC(=O)c1ccc2c(c1)CCNC2. The van der Waals surface area contributed by atoms with Gasteiger partial charge in [-0.2, -0.15) is 0 Å². The Bertz CT molecular complexity index is 399. The average molecular weight is 219 g/mol. The summed E-state index contributed by atoms with van der Waals surface area (Å²) in [7, 11) is 0. The molecule has 1 N–H and O–H groups in total. The molecule has 0 aromatic heterocycles. The molecule has 2 rings (SSSR count). The van der Waals surface area contributed by atoms with E-state index < -0.39 is 0 Å². The number of carbonyl (C=O) groups is 1. The topological polar surface area (TPSA) is 38.3 Å². The molecule has 1 aromatic rings. The quantitative estimate of drug-likeness (QED) is 0.772. The minimum atomic E-state index is -0.226. The first-order valence-electron chi connectivity index (χ1n) is 5.70. The fourth-order valence-electron chi connectivity index (χ4n) is 1.89. The summed E-state index contributed by atoms with van der Waals surface area (Å²) in [6.07, 6.45) is 0.920. The zero-order valence-corrected chi connectivity index (χ0v) is 9.75. The number of benzene rings is 1. The Balaban J connectivity index is 2.19. The molecule has 0 amide bonds. The molecule has 1 aliphatic rings. The Morgan fingerprint density at radius 2 is 2.19 bits per heavy atom. The molecule has 0 fully saturated rings. The number of esters is 1. The number of ether oxygens (including phenoxy) is 1. The van der Waals surface area contributed by atoms with Gasteiger partial charge in [-0.15, -0.1) is 0 Å². The smallest absolute Gasteiger partial charge is 0.338 e. The van der Waals surface area contributed by atoms with Crippen molar-refractivity contribution in [2.45, 2.75) is 32.9 Å². The average Bonchev–Trinajstić information content (AvgIpc) is 2.27. The van der Waals surface area contributed by atoms with Gasteiger partial charge in [0.05, 0.1) is 11.7 Å². The monoisotopic (exact) mass is 219 g/mol. The molecular weight excluding hydrogens is 202 g/mol. The molecule has 0 saturated carbocycles. The van der Waals surface area contributed by atoms with E-state index in [1.807, 2.05) is 32.0 Å². The summed E-state index contributed by atoms with van der Waals surface area (Å²) in [5.74, 6) is -0.226. The number of rotatable bonds is 2. The molecule has 1 heterocycles. The van der Waals surface area contributed by atoms with Gasteiger partial charge in [0.25, 0.3) is 0 Å². The number of nitrogens with one attached hydrogen (secondary N) is 1.